The van der Waals surface area contributed by atoms with Gasteiger partial charge in [0.05, 0.1) is 37.4 Å². The molecule has 2 fully saturated rings. The summed E-state index contributed by atoms with van der Waals surface area (Å²) in [7, 11) is -0.720. The van der Waals surface area contributed by atoms with Gasteiger partial charge in [-0.15, -0.1) is 0 Å². The fourth-order valence-corrected chi connectivity index (χ4v) is 6.45. The van der Waals surface area contributed by atoms with Crippen molar-refractivity contribution < 1.29 is 17.9 Å². The lowest BCUT2D eigenvalue weighted by Crippen LogP contribution is -2.49. The molecule has 0 amide bonds. The van der Waals surface area contributed by atoms with Gasteiger partial charge >= 0.3 is 0 Å². The first-order chi connectivity index (χ1) is 20.3. The number of sulfonamides is 1. The van der Waals surface area contributed by atoms with Crippen LogP contribution in [-0.2, 0) is 14.8 Å². The third-order valence-corrected chi connectivity index (χ3v) is 9.70. The molecule has 0 aliphatic carbocycles. The number of nitrogens with zero attached hydrogens (tertiary/aromatic N) is 5. The van der Waals surface area contributed by atoms with Crippen LogP contribution >= 0.6 is 11.6 Å². The van der Waals surface area contributed by atoms with Gasteiger partial charge in [0.15, 0.2) is 5.82 Å². The summed E-state index contributed by atoms with van der Waals surface area (Å²) in [5, 5.41) is 6.56. The van der Waals surface area contributed by atoms with Crippen molar-refractivity contribution in [1.82, 2.24) is 19.2 Å². The van der Waals surface area contributed by atoms with E-state index in [2.05, 4.69) is 42.5 Å². The molecule has 11 nitrogen and oxygen atoms in total. The van der Waals surface area contributed by atoms with Gasteiger partial charge in [-0.25, -0.2) is 17.7 Å². The molecule has 226 valence electrons. The molecule has 3 heterocycles. The lowest BCUT2D eigenvalue weighted by molar-refractivity contribution is 0.0115. The number of anilines is 5. The molecule has 0 spiro atoms. The normalized spacial score (nSPS) is 16.9. The molecular weight excluding hydrogens is 578 g/mol. The molecule has 3 aromatic rings. The summed E-state index contributed by atoms with van der Waals surface area (Å²) in [6.07, 6.45) is 3.71. The summed E-state index contributed by atoms with van der Waals surface area (Å²) in [6, 6.07) is 13.3. The average Bonchev–Trinajstić information content (AvgIpc) is 3.00. The van der Waals surface area contributed by atoms with E-state index in [0.29, 0.717) is 29.8 Å². The van der Waals surface area contributed by atoms with Gasteiger partial charge in [0.1, 0.15) is 15.7 Å². The first kappa shape index (κ1) is 30.3. The van der Waals surface area contributed by atoms with E-state index in [1.807, 2.05) is 13.0 Å². The second-order valence-electron chi connectivity index (χ2n) is 10.4. The summed E-state index contributed by atoms with van der Waals surface area (Å²) >= 11 is 6.41. The molecule has 13 heteroatoms. The van der Waals surface area contributed by atoms with Gasteiger partial charge in [-0.1, -0.05) is 23.7 Å². The summed E-state index contributed by atoms with van der Waals surface area (Å²) in [5.74, 6) is 1.25. The van der Waals surface area contributed by atoms with Crippen LogP contribution in [0.1, 0.15) is 19.8 Å². The molecular formula is C29H38ClN7O4S. The van der Waals surface area contributed by atoms with Crippen LogP contribution in [0.4, 0.5) is 28.8 Å². The van der Waals surface area contributed by atoms with Crippen molar-refractivity contribution in [1.29, 1.82) is 0 Å². The molecule has 2 aliphatic rings. The monoisotopic (exact) mass is 615 g/mol. The Morgan fingerprint density at radius 2 is 1.79 bits per heavy atom. The minimum atomic E-state index is -3.69. The fraction of sp³-hybridized carbons (Fsp3) is 0.448. The molecule has 5 rings (SSSR count). The Morgan fingerprint density at radius 1 is 1.05 bits per heavy atom. The van der Waals surface area contributed by atoms with E-state index in [4.69, 9.17) is 21.1 Å². The van der Waals surface area contributed by atoms with Gasteiger partial charge in [-0.05, 0) is 44.0 Å². The minimum absolute atomic E-state index is 0.113. The highest BCUT2D eigenvalue weighted by Crippen LogP contribution is 2.35. The number of nitrogens with one attached hydrogen (secondary N) is 2. The Hall–Kier alpha value is -3.16. The molecule has 0 bridgehead atoms. The van der Waals surface area contributed by atoms with E-state index < -0.39 is 10.0 Å². The standard InChI is InChI=1S/C29H38ClN7O4S/c1-4-41-26-19-22(36-13-11-21(12-14-36)37-15-17-40-18-16-37)9-10-24(26)33-29-31-20-23(30)28(34-29)32-25-7-5-6-8-27(25)42(38,39)35(2)3/h5-10,19-21H,4,11-18H2,1-3H3,(H2,31,32,33,34). The van der Waals surface area contributed by atoms with E-state index in [0.717, 1.165) is 62.2 Å². The van der Waals surface area contributed by atoms with Gasteiger partial charge in [-0.2, -0.15) is 4.98 Å². The Kier molecular flexibility index (Phi) is 9.69. The van der Waals surface area contributed by atoms with Crippen molar-refractivity contribution in [3.05, 3.63) is 53.7 Å². The number of para-hydroxylation sites is 1. The largest absolute Gasteiger partial charge is 0.492 e. The first-order valence-corrected chi connectivity index (χ1v) is 16.0. The summed E-state index contributed by atoms with van der Waals surface area (Å²) in [6.45, 7) is 8.12. The van der Waals surface area contributed by atoms with Gasteiger partial charge in [-0.3, -0.25) is 4.90 Å². The molecule has 2 N–H and O–H groups in total. The van der Waals surface area contributed by atoms with Crippen LogP contribution in [0.15, 0.2) is 53.6 Å². The van der Waals surface area contributed by atoms with Crippen molar-refractivity contribution in [2.24, 2.45) is 0 Å². The van der Waals surface area contributed by atoms with Gasteiger partial charge in [0.2, 0.25) is 16.0 Å². The van der Waals surface area contributed by atoms with Gasteiger partial charge < -0.3 is 25.0 Å². The van der Waals surface area contributed by atoms with Crippen LogP contribution in [0, 0.1) is 0 Å². The Bertz CT molecular complexity index is 1480. The number of hydrogen-bond acceptors (Lipinski definition) is 10. The number of rotatable bonds is 10. The van der Waals surface area contributed by atoms with Crippen molar-refractivity contribution in [2.45, 2.75) is 30.7 Å². The number of hydrogen-bond donors (Lipinski definition) is 2. The van der Waals surface area contributed by atoms with E-state index in [9.17, 15) is 8.42 Å². The summed E-state index contributed by atoms with van der Waals surface area (Å²) in [4.78, 5) is 14.0. The lowest BCUT2D eigenvalue weighted by atomic mass is 10.0. The van der Waals surface area contributed by atoms with E-state index in [1.54, 1.807) is 18.2 Å². The smallest absolute Gasteiger partial charge is 0.244 e. The maximum atomic E-state index is 12.8. The lowest BCUT2D eigenvalue weighted by Gasteiger charge is -2.41. The van der Waals surface area contributed by atoms with E-state index >= 15 is 0 Å². The third-order valence-electron chi connectivity index (χ3n) is 7.55. The second kappa shape index (κ2) is 13.4. The van der Waals surface area contributed by atoms with E-state index in [-0.39, 0.29) is 21.7 Å². The minimum Gasteiger partial charge on any atom is -0.492 e. The Labute approximate surface area is 252 Å². The summed E-state index contributed by atoms with van der Waals surface area (Å²) < 4.78 is 38.4. The molecule has 0 atom stereocenters. The number of benzene rings is 2. The Balaban J connectivity index is 1.32. The van der Waals surface area contributed by atoms with Gasteiger partial charge in [0.25, 0.3) is 0 Å². The first-order valence-electron chi connectivity index (χ1n) is 14.2. The number of morpholine rings is 1. The molecule has 0 radical (unpaired) electrons. The second-order valence-corrected chi connectivity index (χ2v) is 12.9. The zero-order chi connectivity index (χ0) is 29.7. The van der Waals surface area contributed by atoms with Crippen LogP contribution in [0.25, 0.3) is 0 Å². The van der Waals surface area contributed by atoms with Crippen molar-refractivity contribution in [3.8, 4) is 5.75 Å². The van der Waals surface area contributed by atoms with Crippen LogP contribution in [0.5, 0.6) is 5.75 Å². The molecule has 1 aromatic heterocycles. The molecule has 0 saturated carbocycles. The quantitative estimate of drug-likeness (QED) is 0.336. The molecule has 2 aliphatic heterocycles. The van der Waals surface area contributed by atoms with Crippen LogP contribution in [0.3, 0.4) is 0 Å². The van der Waals surface area contributed by atoms with Crippen LogP contribution in [0.2, 0.25) is 5.02 Å². The highest BCUT2D eigenvalue weighted by molar-refractivity contribution is 7.89. The van der Waals surface area contributed by atoms with Gasteiger partial charge in [0, 0.05) is 58.1 Å². The molecule has 0 unspecified atom stereocenters. The number of ether oxygens (including phenoxy) is 2. The zero-order valence-electron chi connectivity index (χ0n) is 24.2. The average molecular weight is 616 g/mol. The molecule has 2 aromatic carbocycles. The predicted octanol–water partition coefficient (Wildman–Crippen LogP) is 4.57. The number of halogens is 1. The van der Waals surface area contributed by atoms with Crippen molar-refractivity contribution in [2.75, 3.05) is 75.6 Å². The highest BCUT2D eigenvalue weighted by atomic mass is 35.5. The van der Waals surface area contributed by atoms with E-state index in [1.165, 1.54) is 26.4 Å². The summed E-state index contributed by atoms with van der Waals surface area (Å²) in [5.41, 5.74) is 2.18. The van der Waals surface area contributed by atoms with Crippen LogP contribution in [-0.4, -0.2) is 93.7 Å². The SMILES string of the molecule is CCOc1cc(N2CCC(N3CCOCC3)CC2)ccc1Nc1ncc(Cl)c(Nc2ccccc2S(=O)(=O)N(C)C)n1. The van der Waals surface area contributed by atoms with Crippen molar-refractivity contribution in [3.63, 3.8) is 0 Å². The number of aromatic nitrogens is 2. The highest BCUT2D eigenvalue weighted by Gasteiger charge is 2.26. The Morgan fingerprint density at radius 3 is 2.50 bits per heavy atom. The zero-order valence-corrected chi connectivity index (χ0v) is 25.8. The fourth-order valence-electron chi connectivity index (χ4n) is 5.27. The number of piperidine rings is 1. The topological polar surface area (TPSA) is 112 Å². The molecule has 2 saturated heterocycles. The van der Waals surface area contributed by atoms with Crippen LogP contribution < -0.4 is 20.3 Å². The third kappa shape index (κ3) is 6.90. The maximum Gasteiger partial charge on any atom is 0.244 e. The van der Waals surface area contributed by atoms with Crippen molar-refractivity contribution >= 4 is 50.5 Å². The predicted molar refractivity (Wildman–Crippen MR) is 166 cm³/mol. The molecule has 42 heavy (non-hydrogen) atoms. The maximum absolute atomic E-state index is 12.8.